The zero-order chi connectivity index (χ0) is 23.9. The Balaban J connectivity index is 1.60. The highest BCUT2D eigenvalue weighted by Crippen LogP contribution is 2.50. The number of carboxylic acids is 1. The van der Waals surface area contributed by atoms with Crippen molar-refractivity contribution < 1.29 is 19.5 Å². The molecule has 172 valence electrons. The number of nitrogens with one attached hydrogen (secondary N) is 1. The second-order valence-corrected chi connectivity index (χ2v) is 9.78. The molecule has 0 aliphatic carbocycles. The number of hydrogen-bond donors (Lipinski definition) is 2. The maximum absolute atomic E-state index is 13.7. The van der Waals surface area contributed by atoms with E-state index in [2.05, 4.69) is 21.2 Å². The maximum atomic E-state index is 13.7. The minimum Gasteiger partial charge on any atom is -0.480 e. The smallest absolute Gasteiger partial charge is 0.325 e. The molecule has 2 N–H and O–H groups in total. The topological polar surface area (TPSA) is 86.7 Å². The first-order chi connectivity index (χ1) is 16.4. The Morgan fingerprint density at radius 1 is 0.882 bits per heavy atom. The third-order valence-corrected chi connectivity index (χ3v) is 7.39. The minimum absolute atomic E-state index is 0.0928. The van der Waals surface area contributed by atoms with Crippen molar-refractivity contribution in [2.24, 2.45) is 11.8 Å². The number of hydrogen-bond acceptors (Lipinski definition) is 4. The molecule has 2 saturated heterocycles. The van der Waals surface area contributed by atoms with Gasteiger partial charge in [-0.25, -0.2) is 0 Å². The molecule has 0 spiro atoms. The minimum atomic E-state index is -1.61. The van der Waals surface area contributed by atoms with Crippen LogP contribution in [-0.4, -0.2) is 33.3 Å². The lowest BCUT2D eigenvalue weighted by Crippen LogP contribution is -2.57. The van der Waals surface area contributed by atoms with Crippen LogP contribution in [-0.2, 0) is 27.3 Å². The lowest BCUT2D eigenvalue weighted by atomic mass is 9.76. The van der Waals surface area contributed by atoms with Gasteiger partial charge in [0.25, 0.3) is 0 Å². The summed E-state index contributed by atoms with van der Waals surface area (Å²) in [5, 5.41) is 13.8. The second-order valence-electron chi connectivity index (χ2n) is 8.86. The van der Waals surface area contributed by atoms with Crippen molar-refractivity contribution >= 4 is 33.7 Å². The number of imide groups is 1. The van der Waals surface area contributed by atoms with Crippen LogP contribution < -0.4 is 5.32 Å². The Hall–Kier alpha value is -3.29. The molecule has 0 bridgehead atoms. The molecule has 3 aromatic rings. The molecular weight excluding hydrogens is 496 g/mol. The van der Waals surface area contributed by atoms with Gasteiger partial charge in [0.15, 0.2) is 0 Å². The number of fused-ring (bicyclic) bond motifs is 1. The summed E-state index contributed by atoms with van der Waals surface area (Å²) in [6.45, 7) is 0.125. The quantitative estimate of drug-likeness (QED) is 0.482. The molecule has 5 rings (SSSR count). The van der Waals surface area contributed by atoms with Crippen molar-refractivity contribution in [1.82, 2.24) is 10.2 Å². The fourth-order valence-corrected chi connectivity index (χ4v) is 5.56. The van der Waals surface area contributed by atoms with Crippen molar-refractivity contribution in [1.29, 1.82) is 0 Å². The lowest BCUT2D eigenvalue weighted by molar-refractivity contribution is -0.151. The summed E-state index contributed by atoms with van der Waals surface area (Å²) >= 11 is 3.42. The van der Waals surface area contributed by atoms with Gasteiger partial charge in [-0.05, 0) is 28.8 Å². The fourth-order valence-electron chi connectivity index (χ4n) is 5.29. The van der Waals surface area contributed by atoms with Crippen LogP contribution in [0.5, 0.6) is 0 Å². The monoisotopic (exact) mass is 518 g/mol. The molecule has 2 aliphatic rings. The predicted molar refractivity (Wildman–Crippen MR) is 130 cm³/mol. The van der Waals surface area contributed by atoms with Crippen LogP contribution in [0, 0.1) is 11.8 Å². The normalized spacial score (nSPS) is 26.0. The van der Waals surface area contributed by atoms with Gasteiger partial charge in [-0.15, -0.1) is 0 Å². The highest BCUT2D eigenvalue weighted by molar-refractivity contribution is 9.10. The number of rotatable bonds is 6. The van der Waals surface area contributed by atoms with Crippen LogP contribution in [0.1, 0.15) is 22.7 Å². The van der Waals surface area contributed by atoms with Gasteiger partial charge in [0.2, 0.25) is 11.8 Å². The van der Waals surface area contributed by atoms with Gasteiger partial charge < -0.3 is 5.11 Å². The lowest BCUT2D eigenvalue weighted by Gasteiger charge is -2.31. The van der Waals surface area contributed by atoms with Crippen molar-refractivity contribution in [3.8, 4) is 0 Å². The molecule has 0 saturated carbocycles. The molecule has 34 heavy (non-hydrogen) atoms. The number of benzene rings is 3. The van der Waals surface area contributed by atoms with Gasteiger partial charge in [-0.1, -0.05) is 88.7 Å². The first-order valence-corrected chi connectivity index (χ1v) is 11.9. The van der Waals surface area contributed by atoms with E-state index in [9.17, 15) is 19.5 Å². The molecule has 2 aliphatic heterocycles. The summed E-state index contributed by atoms with van der Waals surface area (Å²) in [7, 11) is 0. The number of carbonyl (C=O) groups is 3. The Morgan fingerprint density at radius 2 is 1.47 bits per heavy atom. The average molecular weight is 519 g/mol. The zero-order valence-corrected chi connectivity index (χ0v) is 19.8. The van der Waals surface area contributed by atoms with E-state index in [1.54, 1.807) is 0 Å². The highest BCUT2D eigenvalue weighted by atomic mass is 79.9. The Morgan fingerprint density at radius 3 is 2.06 bits per heavy atom. The third-order valence-electron chi connectivity index (χ3n) is 6.87. The Kier molecular flexibility index (Phi) is 5.83. The van der Waals surface area contributed by atoms with Gasteiger partial charge in [0.1, 0.15) is 5.54 Å². The largest absolute Gasteiger partial charge is 0.480 e. The van der Waals surface area contributed by atoms with Crippen LogP contribution in [0.15, 0.2) is 89.4 Å². The van der Waals surface area contributed by atoms with E-state index in [4.69, 9.17) is 0 Å². The van der Waals surface area contributed by atoms with Crippen LogP contribution in [0.4, 0.5) is 0 Å². The summed E-state index contributed by atoms with van der Waals surface area (Å²) in [5.41, 5.74) is 0.773. The molecule has 2 heterocycles. The Labute approximate surface area is 205 Å². The van der Waals surface area contributed by atoms with E-state index < -0.39 is 35.3 Å². The number of amides is 2. The molecular formula is C27H23BrN2O4. The predicted octanol–water partition coefficient (Wildman–Crippen LogP) is 3.96. The number of aliphatic carboxylic acids is 1. The number of carboxylic acid groups (broad SMARTS) is 1. The molecule has 6 nitrogen and oxygen atoms in total. The van der Waals surface area contributed by atoms with E-state index in [-0.39, 0.29) is 18.9 Å². The van der Waals surface area contributed by atoms with E-state index in [1.807, 2.05) is 84.9 Å². The molecule has 2 amide bonds. The van der Waals surface area contributed by atoms with Gasteiger partial charge in [0.05, 0.1) is 18.4 Å². The van der Waals surface area contributed by atoms with E-state index in [0.717, 1.165) is 21.2 Å². The van der Waals surface area contributed by atoms with Crippen molar-refractivity contribution in [2.75, 3.05) is 0 Å². The van der Waals surface area contributed by atoms with E-state index >= 15 is 0 Å². The molecule has 2 fully saturated rings. The number of carbonyl (C=O) groups excluding carboxylic acids is 2. The SMILES string of the molecule is O=C1C2C(c3ccc(Br)cc3)NC(Cc3ccccc3)(C(=O)O)C2C(=O)N1Cc1ccccc1. The summed E-state index contributed by atoms with van der Waals surface area (Å²) in [5.74, 6) is -3.74. The zero-order valence-electron chi connectivity index (χ0n) is 18.2. The van der Waals surface area contributed by atoms with E-state index in [0.29, 0.717) is 0 Å². The summed E-state index contributed by atoms with van der Waals surface area (Å²) in [4.78, 5) is 41.5. The number of halogens is 1. The van der Waals surface area contributed by atoms with Gasteiger partial charge in [-0.3, -0.25) is 24.6 Å². The van der Waals surface area contributed by atoms with Crippen molar-refractivity contribution in [3.05, 3.63) is 106 Å². The first-order valence-electron chi connectivity index (χ1n) is 11.1. The summed E-state index contributed by atoms with van der Waals surface area (Å²) in [6, 6.07) is 25.3. The van der Waals surface area contributed by atoms with E-state index in [1.165, 1.54) is 4.90 Å². The van der Waals surface area contributed by atoms with Crippen molar-refractivity contribution in [2.45, 2.75) is 24.5 Å². The van der Waals surface area contributed by atoms with Gasteiger partial charge in [-0.2, -0.15) is 0 Å². The molecule has 4 unspecified atom stereocenters. The summed E-state index contributed by atoms with van der Waals surface area (Å²) in [6.07, 6.45) is 0.0928. The molecule has 3 aromatic carbocycles. The van der Waals surface area contributed by atoms with Gasteiger partial charge >= 0.3 is 5.97 Å². The molecule has 7 heteroatoms. The van der Waals surface area contributed by atoms with Gasteiger partial charge in [0, 0.05) is 16.9 Å². The van der Waals surface area contributed by atoms with Crippen LogP contribution >= 0.6 is 15.9 Å². The average Bonchev–Trinajstić information content (AvgIpc) is 3.31. The summed E-state index contributed by atoms with van der Waals surface area (Å²) < 4.78 is 0.874. The van der Waals surface area contributed by atoms with Crippen LogP contribution in [0.2, 0.25) is 0 Å². The van der Waals surface area contributed by atoms with Crippen LogP contribution in [0.3, 0.4) is 0 Å². The first kappa shape index (κ1) is 22.5. The third kappa shape index (κ3) is 3.75. The van der Waals surface area contributed by atoms with Crippen LogP contribution in [0.25, 0.3) is 0 Å². The molecule has 4 atom stereocenters. The molecule has 0 radical (unpaired) electrons. The fraction of sp³-hybridized carbons (Fsp3) is 0.222. The number of nitrogens with zero attached hydrogens (tertiary/aromatic N) is 1. The van der Waals surface area contributed by atoms with Crippen molar-refractivity contribution in [3.63, 3.8) is 0 Å². The highest BCUT2D eigenvalue weighted by Gasteiger charge is 2.68. The Bertz CT molecular complexity index is 1230. The maximum Gasteiger partial charge on any atom is 0.325 e. The standard InChI is InChI=1S/C27H23BrN2O4/c28-20-13-11-19(12-14-20)23-21-22(25(32)30(24(21)31)16-18-9-5-2-6-10-18)27(29-23,26(33)34)15-17-7-3-1-4-8-17/h1-14,21-23,29H,15-16H2,(H,33,34). The molecule has 0 aromatic heterocycles. The number of likely N-dealkylation sites (tertiary alicyclic amines) is 1. The second kappa shape index (κ2) is 8.81.